The van der Waals surface area contributed by atoms with Crippen LogP contribution in [0.25, 0.3) is 0 Å². The molecule has 0 bridgehead atoms. The van der Waals surface area contributed by atoms with Gasteiger partial charge < -0.3 is 15.0 Å². The van der Waals surface area contributed by atoms with Gasteiger partial charge in [-0.3, -0.25) is 19.5 Å². The van der Waals surface area contributed by atoms with E-state index in [1.807, 2.05) is 26.1 Å². The van der Waals surface area contributed by atoms with E-state index in [0.717, 1.165) is 31.1 Å². The molecular formula is C24H31IN4O3. The van der Waals surface area contributed by atoms with E-state index < -0.39 is 0 Å². The van der Waals surface area contributed by atoms with Crippen molar-refractivity contribution in [1.82, 2.24) is 15.1 Å². The smallest absolute Gasteiger partial charge is 0.261 e. The molecule has 32 heavy (non-hydrogen) atoms. The number of hydrogen-bond acceptors (Lipinski definition) is 4. The van der Waals surface area contributed by atoms with Crippen LogP contribution in [0.4, 0.5) is 0 Å². The fourth-order valence-corrected chi connectivity index (χ4v) is 3.63. The zero-order valence-corrected chi connectivity index (χ0v) is 21.2. The van der Waals surface area contributed by atoms with Gasteiger partial charge in [0.25, 0.3) is 11.8 Å². The van der Waals surface area contributed by atoms with Crippen molar-refractivity contribution >= 4 is 41.8 Å². The zero-order chi connectivity index (χ0) is 22.2. The summed E-state index contributed by atoms with van der Waals surface area (Å²) in [6.45, 7) is 4.49. The Kier molecular flexibility index (Phi) is 9.96. The first-order chi connectivity index (χ1) is 15.0. The molecule has 0 saturated heterocycles. The van der Waals surface area contributed by atoms with E-state index >= 15 is 0 Å². The zero-order valence-electron chi connectivity index (χ0n) is 18.8. The molecule has 1 N–H and O–H groups in total. The highest BCUT2D eigenvalue weighted by molar-refractivity contribution is 14.0. The summed E-state index contributed by atoms with van der Waals surface area (Å²) >= 11 is 0. The minimum absolute atomic E-state index is 0. The number of halogens is 1. The van der Waals surface area contributed by atoms with Crippen molar-refractivity contribution in [2.75, 3.05) is 33.8 Å². The molecule has 2 aromatic rings. The van der Waals surface area contributed by atoms with E-state index in [-0.39, 0.29) is 35.8 Å². The Balaban J connectivity index is 0.00000363. The molecule has 0 aliphatic carbocycles. The molecule has 2 aromatic carbocycles. The number of amides is 2. The molecule has 1 aliphatic rings. The number of carbonyl (C=O) groups excluding carboxylic acids is 2. The van der Waals surface area contributed by atoms with Gasteiger partial charge in [0.2, 0.25) is 0 Å². The molecule has 0 atom stereocenters. The molecule has 8 heteroatoms. The number of guanidine groups is 1. The molecule has 3 rings (SSSR count). The van der Waals surface area contributed by atoms with E-state index in [0.29, 0.717) is 30.8 Å². The maximum absolute atomic E-state index is 12.4. The van der Waals surface area contributed by atoms with Gasteiger partial charge in [-0.1, -0.05) is 24.3 Å². The summed E-state index contributed by atoms with van der Waals surface area (Å²) in [5.74, 6) is 1.28. The Hall–Kier alpha value is -2.62. The maximum Gasteiger partial charge on any atom is 0.261 e. The number of ether oxygens (including phenoxy) is 1. The summed E-state index contributed by atoms with van der Waals surface area (Å²) in [7, 11) is 3.75. The van der Waals surface area contributed by atoms with E-state index in [4.69, 9.17) is 4.74 Å². The second kappa shape index (κ2) is 12.4. The van der Waals surface area contributed by atoms with Crippen LogP contribution in [0.15, 0.2) is 53.5 Å². The monoisotopic (exact) mass is 550 g/mol. The summed E-state index contributed by atoms with van der Waals surface area (Å²) in [4.78, 5) is 32.5. The Morgan fingerprint density at radius 2 is 1.66 bits per heavy atom. The molecule has 2 amide bonds. The standard InChI is InChI=1S/C24H30N4O3.HI/c1-4-31-19-13-11-18(12-14-19)17-27(3)24(25-2)26-15-7-8-16-28-22(29)20-9-5-6-10-21(20)23(28)30;/h5-6,9-14H,4,7-8,15-17H2,1-3H3,(H,25,26);1H. The van der Waals surface area contributed by atoms with Gasteiger partial charge in [0.05, 0.1) is 17.7 Å². The van der Waals surface area contributed by atoms with Gasteiger partial charge >= 0.3 is 0 Å². The van der Waals surface area contributed by atoms with Gasteiger partial charge in [-0.15, -0.1) is 24.0 Å². The average Bonchev–Trinajstić information content (AvgIpc) is 3.02. The van der Waals surface area contributed by atoms with Gasteiger partial charge in [0.1, 0.15) is 5.75 Å². The van der Waals surface area contributed by atoms with Crippen LogP contribution in [0.2, 0.25) is 0 Å². The van der Waals surface area contributed by atoms with Gasteiger partial charge in [0, 0.05) is 33.7 Å². The third-order valence-electron chi connectivity index (χ3n) is 5.20. The average molecular weight is 550 g/mol. The van der Waals surface area contributed by atoms with Crippen LogP contribution in [0.3, 0.4) is 0 Å². The van der Waals surface area contributed by atoms with Crippen molar-refractivity contribution in [2.24, 2.45) is 4.99 Å². The van der Waals surface area contributed by atoms with Gasteiger partial charge in [-0.2, -0.15) is 0 Å². The minimum atomic E-state index is -0.195. The second-order valence-electron chi connectivity index (χ2n) is 7.42. The van der Waals surface area contributed by atoms with E-state index in [9.17, 15) is 9.59 Å². The lowest BCUT2D eigenvalue weighted by Gasteiger charge is -2.22. The third-order valence-corrected chi connectivity index (χ3v) is 5.20. The number of nitrogens with one attached hydrogen (secondary N) is 1. The number of benzene rings is 2. The number of rotatable bonds is 9. The highest BCUT2D eigenvalue weighted by atomic mass is 127. The van der Waals surface area contributed by atoms with Crippen molar-refractivity contribution in [3.8, 4) is 5.75 Å². The maximum atomic E-state index is 12.4. The highest BCUT2D eigenvalue weighted by Gasteiger charge is 2.34. The van der Waals surface area contributed by atoms with Crippen LogP contribution in [0, 0.1) is 0 Å². The first-order valence-electron chi connectivity index (χ1n) is 10.6. The lowest BCUT2D eigenvalue weighted by Crippen LogP contribution is -2.39. The first kappa shape index (κ1) is 25.6. The van der Waals surface area contributed by atoms with Crippen molar-refractivity contribution in [3.05, 3.63) is 65.2 Å². The molecule has 1 aliphatic heterocycles. The fourth-order valence-electron chi connectivity index (χ4n) is 3.63. The Bertz CT molecular complexity index is 912. The van der Waals surface area contributed by atoms with E-state index in [2.05, 4.69) is 27.3 Å². The van der Waals surface area contributed by atoms with Crippen LogP contribution in [0.5, 0.6) is 5.75 Å². The van der Waals surface area contributed by atoms with Crippen LogP contribution >= 0.6 is 24.0 Å². The molecule has 0 radical (unpaired) electrons. The van der Waals surface area contributed by atoms with E-state index in [1.54, 1.807) is 31.3 Å². The third kappa shape index (κ3) is 6.21. The van der Waals surface area contributed by atoms with Gasteiger partial charge in [-0.05, 0) is 49.6 Å². The van der Waals surface area contributed by atoms with Crippen LogP contribution in [0.1, 0.15) is 46.0 Å². The molecule has 0 fully saturated rings. The molecule has 172 valence electrons. The Labute approximate surface area is 206 Å². The molecule has 0 saturated carbocycles. The summed E-state index contributed by atoms with van der Waals surface area (Å²) < 4.78 is 5.48. The Morgan fingerprint density at radius 1 is 1.03 bits per heavy atom. The topological polar surface area (TPSA) is 74.2 Å². The molecular weight excluding hydrogens is 519 g/mol. The lowest BCUT2D eigenvalue weighted by atomic mass is 10.1. The number of carbonyl (C=O) groups is 2. The fraction of sp³-hybridized carbons (Fsp3) is 0.375. The molecule has 0 aromatic heterocycles. The number of hydrogen-bond donors (Lipinski definition) is 1. The molecule has 7 nitrogen and oxygen atoms in total. The minimum Gasteiger partial charge on any atom is -0.494 e. The summed E-state index contributed by atoms with van der Waals surface area (Å²) in [6.07, 6.45) is 1.56. The molecule has 0 spiro atoms. The van der Waals surface area contributed by atoms with Crippen molar-refractivity contribution in [2.45, 2.75) is 26.3 Å². The van der Waals surface area contributed by atoms with Gasteiger partial charge in [0.15, 0.2) is 5.96 Å². The SMILES string of the molecule is CCOc1ccc(CN(C)C(=NC)NCCCCN2C(=O)c3ccccc3C2=O)cc1.I. The summed E-state index contributed by atoms with van der Waals surface area (Å²) in [5, 5.41) is 3.35. The second-order valence-corrected chi connectivity index (χ2v) is 7.42. The van der Waals surface area contributed by atoms with Crippen LogP contribution in [-0.2, 0) is 6.54 Å². The number of unbranched alkanes of at least 4 members (excludes halogenated alkanes) is 1. The highest BCUT2D eigenvalue weighted by Crippen LogP contribution is 2.22. The number of imide groups is 1. The Morgan fingerprint density at radius 3 is 2.22 bits per heavy atom. The summed E-state index contributed by atoms with van der Waals surface area (Å²) in [5.41, 5.74) is 2.17. The van der Waals surface area contributed by atoms with Crippen LogP contribution < -0.4 is 10.1 Å². The number of aliphatic imine (C=N–C) groups is 1. The lowest BCUT2D eigenvalue weighted by molar-refractivity contribution is 0.0652. The van der Waals surface area contributed by atoms with Gasteiger partial charge in [-0.25, -0.2) is 0 Å². The quantitative estimate of drug-likeness (QED) is 0.169. The summed E-state index contributed by atoms with van der Waals surface area (Å²) in [6, 6.07) is 15.0. The number of nitrogens with zero attached hydrogens (tertiary/aromatic N) is 3. The van der Waals surface area contributed by atoms with Crippen molar-refractivity contribution in [1.29, 1.82) is 0 Å². The predicted octanol–water partition coefficient (Wildman–Crippen LogP) is 3.79. The van der Waals surface area contributed by atoms with Crippen molar-refractivity contribution < 1.29 is 14.3 Å². The van der Waals surface area contributed by atoms with E-state index in [1.165, 1.54) is 10.5 Å². The van der Waals surface area contributed by atoms with Crippen LogP contribution in [-0.4, -0.2) is 61.4 Å². The molecule has 0 unspecified atom stereocenters. The largest absolute Gasteiger partial charge is 0.494 e. The predicted molar refractivity (Wildman–Crippen MR) is 137 cm³/mol. The van der Waals surface area contributed by atoms with Crippen molar-refractivity contribution in [3.63, 3.8) is 0 Å². The first-order valence-corrected chi connectivity index (χ1v) is 10.6. The molecule has 1 heterocycles. The number of fused-ring (bicyclic) bond motifs is 1. The normalized spacial score (nSPS) is 13.0.